The molecule has 2 aliphatic heterocycles. The topological polar surface area (TPSA) is 438 Å². The molecule has 2 heterocycles. The van der Waals surface area contributed by atoms with Crippen molar-refractivity contribution < 1.29 is 68.1 Å². The molecular weight excluding hydrogens is 891 g/mol. The molecule has 7 atom stereocenters. The summed E-state index contributed by atoms with van der Waals surface area (Å²) < 4.78 is -1.27. The molecule has 358 valence electrons. The lowest BCUT2D eigenvalue weighted by Crippen LogP contribution is -2.60. The minimum atomic E-state index is -1.86. The number of fused-ring (bicyclic) bond motifs is 1. The van der Waals surface area contributed by atoms with Gasteiger partial charge in [0.25, 0.3) is 0 Å². The predicted octanol–water partition coefficient (Wildman–Crippen LogP) is -7.12. The monoisotopic (exact) mass is 947 g/mol. The summed E-state index contributed by atoms with van der Waals surface area (Å²) in [4.78, 5) is 148. The lowest BCUT2D eigenvalue weighted by molar-refractivity contribution is -0.144. The molecule has 0 saturated carbocycles. The predicted molar refractivity (Wildman–Crippen MR) is 228 cm³/mol. The van der Waals surface area contributed by atoms with Crippen LogP contribution >= 0.6 is 21.6 Å². The van der Waals surface area contributed by atoms with E-state index in [2.05, 4.69) is 47.5 Å². The van der Waals surface area contributed by atoms with Gasteiger partial charge in [-0.25, -0.2) is 0 Å². The molecule has 0 spiro atoms. The first-order valence-corrected chi connectivity index (χ1v) is 22.1. The van der Waals surface area contributed by atoms with Gasteiger partial charge in [0.15, 0.2) is 5.96 Å². The number of nitrogens with two attached hydrogens (primary N) is 3. The second-order valence-electron chi connectivity index (χ2n) is 15.0. The molecule has 2 rings (SSSR count). The Hall–Kier alpha value is -5.94. The Labute approximate surface area is 374 Å². The minimum Gasteiger partial charge on any atom is -0.481 e. The zero-order valence-electron chi connectivity index (χ0n) is 35.3. The summed E-state index contributed by atoms with van der Waals surface area (Å²) in [6.07, 6.45) is -0.696. The molecule has 9 amide bonds. The van der Waals surface area contributed by atoms with Gasteiger partial charge in [0, 0.05) is 23.6 Å². The van der Waals surface area contributed by atoms with Crippen molar-refractivity contribution in [3.63, 3.8) is 0 Å². The number of carbonyl (C=O) groups excluding carboxylic acids is 9. The fourth-order valence-electron chi connectivity index (χ4n) is 6.07. The van der Waals surface area contributed by atoms with Crippen molar-refractivity contribution in [3.8, 4) is 0 Å². The molecule has 0 aromatic carbocycles. The SMILES string of the molecule is CC(NC(=O)C1CSSC(C)(C)C(NC(=O)CN)C(=O)NCC(=O)NC(CCCN=C(N)N)C(=O)NCC(=O)NC(CC(=O)O)C(=O)NC(CO)C(=O)N2CCCC2C(=O)N1)C(=O)O. The lowest BCUT2D eigenvalue weighted by Gasteiger charge is -2.33. The Kier molecular flexibility index (Phi) is 22.0. The van der Waals surface area contributed by atoms with Gasteiger partial charge >= 0.3 is 11.9 Å². The third-order valence-electron chi connectivity index (χ3n) is 9.43. The molecule has 64 heavy (non-hydrogen) atoms. The quantitative estimate of drug-likeness (QED) is 0.0374. The summed E-state index contributed by atoms with van der Waals surface area (Å²) in [6, 6.07) is -10.5. The average molecular weight is 948 g/mol. The lowest BCUT2D eigenvalue weighted by atomic mass is 10.0. The largest absolute Gasteiger partial charge is 0.481 e. The molecule has 0 aromatic rings. The van der Waals surface area contributed by atoms with E-state index >= 15 is 0 Å². The zero-order chi connectivity index (χ0) is 48.3. The van der Waals surface area contributed by atoms with E-state index in [-0.39, 0.29) is 50.5 Å². The van der Waals surface area contributed by atoms with Crippen molar-refractivity contribution in [2.24, 2.45) is 22.2 Å². The number of aliphatic imine (C=N–C) groups is 1. The number of carboxylic acids is 2. The smallest absolute Gasteiger partial charge is 0.325 e. The highest BCUT2D eigenvalue weighted by Crippen LogP contribution is 2.38. The first kappa shape index (κ1) is 54.2. The number of aliphatic hydroxyl groups is 1. The van der Waals surface area contributed by atoms with Crippen LogP contribution in [0.3, 0.4) is 0 Å². The molecular formula is C35H57N13O14S2. The summed E-state index contributed by atoms with van der Waals surface area (Å²) >= 11 is 0. The summed E-state index contributed by atoms with van der Waals surface area (Å²) in [6.45, 7) is 1.05. The van der Waals surface area contributed by atoms with Gasteiger partial charge in [-0.1, -0.05) is 21.6 Å². The normalized spacial score (nSPS) is 25.1. The number of carboxylic acid groups (broad SMARTS) is 2. The van der Waals surface area contributed by atoms with Crippen LogP contribution in [0.2, 0.25) is 0 Å². The van der Waals surface area contributed by atoms with Gasteiger partial charge < -0.3 is 80.0 Å². The summed E-state index contributed by atoms with van der Waals surface area (Å²) in [7, 11) is 1.90. The molecule has 0 aliphatic carbocycles. The Bertz CT molecular complexity index is 1800. The van der Waals surface area contributed by atoms with E-state index in [0.717, 1.165) is 26.5 Å². The number of amides is 9. The Morgan fingerprint density at radius 1 is 0.891 bits per heavy atom. The average Bonchev–Trinajstić information content (AvgIpc) is 3.72. The number of aliphatic carboxylic acids is 2. The van der Waals surface area contributed by atoms with E-state index < -0.39 is 145 Å². The van der Waals surface area contributed by atoms with Gasteiger partial charge in [-0.3, -0.25) is 57.7 Å². The number of hydrogen-bond acceptors (Lipinski definition) is 16. The molecule has 2 saturated heterocycles. The number of aliphatic hydroxyl groups excluding tert-OH is 1. The maximum Gasteiger partial charge on any atom is 0.325 e. The van der Waals surface area contributed by atoms with Crippen LogP contribution in [0, 0.1) is 0 Å². The highest BCUT2D eigenvalue weighted by molar-refractivity contribution is 8.77. The summed E-state index contributed by atoms with van der Waals surface area (Å²) in [5.74, 6) is -12.1. The highest BCUT2D eigenvalue weighted by atomic mass is 33.1. The fraction of sp³-hybridized carbons (Fsp3) is 0.657. The van der Waals surface area contributed by atoms with Crippen LogP contribution in [-0.4, -0.2) is 183 Å². The number of hydrogen-bond donors (Lipinski definition) is 14. The number of carbonyl (C=O) groups is 11. The Morgan fingerprint density at radius 3 is 2.09 bits per heavy atom. The van der Waals surface area contributed by atoms with Gasteiger partial charge in [-0.05, 0) is 46.5 Å². The molecule has 0 radical (unpaired) electrons. The molecule has 2 fully saturated rings. The third kappa shape index (κ3) is 17.7. The third-order valence-corrected chi connectivity index (χ3v) is 12.7. The van der Waals surface area contributed by atoms with Crippen molar-refractivity contribution in [1.82, 2.24) is 47.4 Å². The zero-order valence-corrected chi connectivity index (χ0v) is 36.9. The van der Waals surface area contributed by atoms with Crippen LogP contribution < -0.4 is 59.7 Å². The van der Waals surface area contributed by atoms with E-state index in [1.54, 1.807) is 0 Å². The summed E-state index contributed by atoms with van der Waals surface area (Å²) in [5.41, 5.74) is 16.2. The van der Waals surface area contributed by atoms with Crippen LogP contribution in [0.15, 0.2) is 4.99 Å². The van der Waals surface area contributed by atoms with Crippen molar-refractivity contribution in [2.75, 3.05) is 45.1 Å². The van der Waals surface area contributed by atoms with Gasteiger partial charge in [-0.15, -0.1) is 0 Å². The molecule has 27 nitrogen and oxygen atoms in total. The van der Waals surface area contributed by atoms with Gasteiger partial charge in [-0.2, -0.15) is 0 Å². The van der Waals surface area contributed by atoms with Crippen LogP contribution in [0.4, 0.5) is 0 Å². The van der Waals surface area contributed by atoms with Crippen LogP contribution in [0.5, 0.6) is 0 Å². The standard InChI is InChI=1S/C35H57N13O14S2/c1-16(33(61)62)42-29(57)20-15-63-64-35(2,3)26(47-22(50)11-36)31(59)41-13-23(51)43-17(6-4-8-39-34(37)38)27(55)40-12-24(52)44-18(10-25(53)54)28(56)45-19(14-49)32(60)48-9-5-7-21(48)30(58)46-20/h16-21,26,49H,4-15,36H2,1-3H3,(H,40,55)(H,41,59)(H,42,57)(H,43,51)(H,44,52)(H,45,56)(H,46,58)(H,47,50)(H,53,54)(H,61,62)(H4,37,38,39). The molecule has 17 N–H and O–H groups in total. The molecule has 2 aliphatic rings. The van der Waals surface area contributed by atoms with Crippen molar-refractivity contribution >= 4 is 92.7 Å². The van der Waals surface area contributed by atoms with E-state index in [1.807, 2.05) is 0 Å². The number of nitrogens with one attached hydrogen (secondary N) is 8. The van der Waals surface area contributed by atoms with Crippen molar-refractivity contribution in [1.29, 1.82) is 0 Å². The molecule has 7 unspecified atom stereocenters. The molecule has 0 aromatic heterocycles. The van der Waals surface area contributed by atoms with Gasteiger partial charge in [0.1, 0.15) is 42.3 Å². The number of guanidine groups is 1. The van der Waals surface area contributed by atoms with Crippen molar-refractivity contribution in [2.45, 2.75) is 99.9 Å². The van der Waals surface area contributed by atoms with E-state index in [4.69, 9.17) is 17.2 Å². The number of rotatable bonds is 12. The van der Waals surface area contributed by atoms with E-state index in [0.29, 0.717) is 0 Å². The van der Waals surface area contributed by atoms with Crippen LogP contribution in [0.1, 0.15) is 52.9 Å². The Morgan fingerprint density at radius 2 is 1.52 bits per heavy atom. The summed E-state index contributed by atoms with van der Waals surface area (Å²) in [5, 5.41) is 47.7. The molecule has 29 heteroatoms. The molecule has 0 bridgehead atoms. The van der Waals surface area contributed by atoms with Gasteiger partial charge in [0.05, 0.1) is 32.7 Å². The first-order valence-electron chi connectivity index (χ1n) is 19.8. The minimum absolute atomic E-state index is 0.0213. The maximum atomic E-state index is 13.8. The first-order chi connectivity index (χ1) is 30.0. The highest BCUT2D eigenvalue weighted by Gasteiger charge is 2.41. The number of nitrogens with zero attached hydrogens (tertiary/aromatic N) is 2. The maximum absolute atomic E-state index is 13.8. The fourth-order valence-corrected chi connectivity index (χ4v) is 8.89. The van der Waals surface area contributed by atoms with E-state index in [1.165, 1.54) is 20.8 Å². The van der Waals surface area contributed by atoms with Crippen LogP contribution in [0.25, 0.3) is 0 Å². The van der Waals surface area contributed by atoms with E-state index in [9.17, 15) is 68.1 Å². The second-order valence-corrected chi connectivity index (χ2v) is 18.0. The van der Waals surface area contributed by atoms with Crippen molar-refractivity contribution in [3.05, 3.63) is 0 Å². The Balaban J connectivity index is 2.58. The van der Waals surface area contributed by atoms with Gasteiger partial charge in [0.2, 0.25) is 53.2 Å². The second kappa shape index (κ2) is 26.0. The van der Waals surface area contributed by atoms with Crippen LogP contribution in [-0.2, 0) is 52.7 Å².